The number of nitriles is 1. The maximum absolute atomic E-state index is 10.8. The monoisotopic (exact) mass is 443 g/mol. The Balaban J connectivity index is 1.38. The van der Waals surface area contributed by atoms with Gasteiger partial charge in [0, 0.05) is 16.5 Å². The van der Waals surface area contributed by atoms with Crippen LogP contribution in [0.15, 0.2) is 47.1 Å². The van der Waals surface area contributed by atoms with Gasteiger partial charge in [-0.2, -0.15) is 15.3 Å². The molecule has 0 spiro atoms. The van der Waals surface area contributed by atoms with Crippen molar-refractivity contribution in [3.05, 3.63) is 48.2 Å². The molecule has 9 heteroatoms. The molecule has 33 heavy (non-hydrogen) atoms. The number of aliphatic carboxylic acids is 1. The van der Waals surface area contributed by atoms with Gasteiger partial charge in [-0.15, -0.1) is 0 Å². The highest BCUT2D eigenvalue weighted by molar-refractivity contribution is 5.83. The zero-order valence-corrected chi connectivity index (χ0v) is 17.8. The lowest BCUT2D eigenvalue weighted by atomic mass is 10.1. The molecule has 0 amide bonds. The van der Waals surface area contributed by atoms with Crippen LogP contribution in [0, 0.1) is 11.3 Å². The normalized spacial score (nSPS) is 13.9. The van der Waals surface area contributed by atoms with Gasteiger partial charge in [0.25, 0.3) is 5.89 Å². The summed E-state index contributed by atoms with van der Waals surface area (Å²) in [6, 6.07) is 13.1. The van der Waals surface area contributed by atoms with Crippen molar-refractivity contribution in [1.29, 1.82) is 5.26 Å². The Bertz CT molecular complexity index is 1360. The molecule has 0 saturated heterocycles. The van der Waals surface area contributed by atoms with Crippen molar-refractivity contribution in [2.24, 2.45) is 0 Å². The second kappa shape index (κ2) is 8.74. The van der Waals surface area contributed by atoms with Crippen LogP contribution < -0.4 is 4.74 Å². The zero-order valence-electron chi connectivity index (χ0n) is 17.8. The molecule has 1 aliphatic carbocycles. The van der Waals surface area contributed by atoms with E-state index in [2.05, 4.69) is 21.3 Å². The summed E-state index contributed by atoms with van der Waals surface area (Å²) in [6.07, 6.45) is 6.20. The van der Waals surface area contributed by atoms with Gasteiger partial charge in [0.15, 0.2) is 0 Å². The topological polar surface area (TPSA) is 127 Å². The number of hydrogen-bond donors (Lipinski definition) is 1. The molecule has 0 unspecified atom stereocenters. The van der Waals surface area contributed by atoms with E-state index in [1.807, 2.05) is 24.3 Å². The average Bonchev–Trinajstić information content (AvgIpc) is 3.58. The third kappa shape index (κ3) is 4.28. The summed E-state index contributed by atoms with van der Waals surface area (Å²) >= 11 is 0. The minimum Gasteiger partial charge on any atom is -0.489 e. The molecule has 5 rings (SSSR count). The maximum Gasteiger partial charge on any atom is 0.305 e. The molecule has 1 fully saturated rings. The lowest BCUT2D eigenvalue weighted by Gasteiger charge is -2.14. The number of nitrogens with zero attached hydrogens (tertiary/aromatic N) is 5. The number of benzene rings is 2. The van der Waals surface area contributed by atoms with E-state index in [4.69, 9.17) is 14.4 Å². The number of carbonyl (C=O) groups is 1. The molecule has 4 aromatic rings. The molecule has 0 bridgehead atoms. The highest BCUT2D eigenvalue weighted by Gasteiger charge is 2.19. The van der Waals surface area contributed by atoms with E-state index in [1.165, 1.54) is 0 Å². The lowest BCUT2D eigenvalue weighted by Crippen LogP contribution is -2.11. The highest BCUT2D eigenvalue weighted by Crippen LogP contribution is 2.31. The molecular weight excluding hydrogens is 422 g/mol. The number of carboxylic acid groups (broad SMARTS) is 1. The third-order valence-electron chi connectivity index (χ3n) is 5.81. The second-order valence-electron chi connectivity index (χ2n) is 8.06. The van der Waals surface area contributed by atoms with Crippen LogP contribution in [0.2, 0.25) is 0 Å². The van der Waals surface area contributed by atoms with Crippen molar-refractivity contribution in [2.45, 2.75) is 44.8 Å². The van der Waals surface area contributed by atoms with Gasteiger partial charge >= 0.3 is 5.97 Å². The van der Waals surface area contributed by atoms with E-state index in [-0.39, 0.29) is 12.5 Å². The minimum absolute atomic E-state index is 0.00189. The molecule has 0 atom stereocenters. The summed E-state index contributed by atoms with van der Waals surface area (Å²) in [7, 11) is 0. The number of hydrogen-bond acceptors (Lipinski definition) is 7. The van der Waals surface area contributed by atoms with Crippen LogP contribution in [0.4, 0.5) is 0 Å². The predicted octanol–water partition coefficient (Wildman–Crippen LogP) is 4.42. The van der Waals surface area contributed by atoms with Gasteiger partial charge < -0.3 is 14.4 Å². The summed E-state index contributed by atoms with van der Waals surface area (Å²) in [5.41, 5.74) is 2.66. The largest absolute Gasteiger partial charge is 0.489 e. The number of aryl methyl sites for hydroxylation is 1. The van der Waals surface area contributed by atoms with E-state index in [1.54, 1.807) is 23.0 Å². The van der Waals surface area contributed by atoms with Crippen LogP contribution in [0.5, 0.6) is 5.75 Å². The quantitative estimate of drug-likeness (QED) is 0.445. The Labute approximate surface area is 189 Å². The third-order valence-corrected chi connectivity index (χ3v) is 5.81. The number of aromatic nitrogens is 4. The number of rotatable bonds is 7. The van der Waals surface area contributed by atoms with Crippen LogP contribution in [-0.2, 0) is 11.3 Å². The fraction of sp³-hybridized carbons (Fsp3) is 0.292. The predicted molar refractivity (Wildman–Crippen MR) is 118 cm³/mol. The summed E-state index contributed by atoms with van der Waals surface area (Å²) in [4.78, 5) is 15.3. The number of carboxylic acids is 1. The van der Waals surface area contributed by atoms with Gasteiger partial charge in [0.2, 0.25) is 5.82 Å². The first-order valence-corrected chi connectivity index (χ1v) is 10.8. The van der Waals surface area contributed by atoms with Crippen molar-refractivity contribution in [3.63, 3.8) is 0 Å². The molecule has 9 nitrogen and oxygen atoms in total. The van der Waals surface area contributed by atoms with Crippen LogP contribution >= 0.6 is 0 Å². The minimum atomic E-state index is -0.868. The summed E-state index contributed by atoms with van der Waals surface area (Å²) in [5.74, 6) is 0.437. The molecule has 166 valence electrons. The van der Waals surface area contributed by atoms with E-state index >= 15 is 0 Å². The molecular formula is C24H21N5O4. The van der Waals surface area contributed by atoms with Gasteiger partial charge in [-0.05, 0) is 62.1 Å². The van der Waals surface area contributed by atoms with Crippen LogP contribution in [0.1, 0.15) is 37.7 Å². The fourth-order valence-electron chi connectivity index (χ4n) is 4.10. The molecule has 2 aromatic heterocycles. The maximum atomic E-state index is 10.8. The fourth-order valence-corrected chi connectivity index (χ4v) is 4.10. The SMILES string of the molecule is N#Cc1cc(-c2nc(-c3ccc4c(cnn4CCC(=O)O)c3)no2)ccc1OC1CCCC1. The van der Waals surface area contributed by atoms with Gasteiger partial charge in [-0.1, -0.05) is 5.16 Å². The molecule has 0 aliphatic heterocycles. The standard InChI is InChI=1S/C24H21N5O4/c25-13-17-12-16(6-8-21(17)32-19-3-1-2-4-19)24-27-23(28-33-24)15-5-7-20-18(11-15)14-26-29(20)10-9-22(30)31/h5-8,11-12,14,19H,1-4,9-10H2,(H,30,31). The molecule has 1 saturated carbocycles. The molecule has 2 aromatic carbocycles. The van der Waals surface area contributed by atoms with Crippen LogP contribution in [0.25, 0.3) is 33.7 Å². The Kier molecular flexibility index (Phi) is 5.48. The molecule has 1 aliphatic rings. The van der Waals surface area contributed by atoms with E-state index in [0.717, 1.165) is 42.1 Å². The van der Waals surface area contributed by atoms with Gasteiger partial charge in [0.05, 0.1) is 36.3 Å². The van der Waals surface area contributed by atoms with E-state index in [9.17, 15) is 10.1 Å². The number of ether oxygens (including phenoxy) is 1. The Hall–Kier alpha value is -4.19. The second-order valence-corrected chi connectivity index (χ2v) is 8.06. The summed E-state index contributed by atoms with van der Waals surface area (Å²) < 4.78 is 13.1. The molecule has 1 N–H and O–H groups in total. The van der Waals surface area contributed by atoms with Crippen molar-refractivity contribution < 1.29 is 19.2 Å². The summed E-state index contributed by atoms with van der Waals surface area (Å²) in [6.45, 7) is 0.298. The van der Waals surface area contributed by atoms with E-state index < -0.39 is 5.97 Å². The lowest BCUT2D eigenvalue weighted by molar-refractivity contribution is -0.137. The van der Waals surface area contributed by atoms with Crippen molar-refractivity contribution in [2.75, 3.05) is 0 Å². The van der Waals surface area contributed by atoms with Gasteiger partial charge in [-0.25, -0.2) is 0 Å². The molecule has 2 heterocycles. The highest BCUT2D eigenvalue weighted by atomic mass is 16.5. The Morgan fingerprint density at radius 1 is 1.21 bits per heavy atom. The average molecular weight is 443 g/mol. The van der Waals surface area contributed by atoms with Gasteiger partial charge in [0.1, 0.15) is 11.8 Å². The van der Waals surface area contributed by atoms with Crippen molar-refractivity contribution >= 4 is 16.9 Å². The van der Waals surface area contributed by atoms with Crippen molar-refractivity contribution in [1.82, 2.24) is 19.9 Å². The Morgan fingerprint density at radius 3 is 2.82 bits per heavy atom. The molecule has 0 radical (unpaired) electrons. The first-order valence-electron chi connectivity index (χ1n) is 10.8. The smallest absolute Gasteiger partial charge is 0.305 e. The first kappa shape index (κ1) is 20.7. The Morgan fingerprint density at radius 2 is 2.03 bits per heavy atom. The van der Waals surface area contributed by atoms with Crippen molar-refractivity contribution in [3.8, 4) is 34.7 Å². The number of fused-ring (bicyclic) bond motifs is 1. The van der Waals surface area contributed by atoms with Crippen LogP contribution in [0.3, 0.4) is 0 Å². The van der Waals surface area contributed by atoms with Gasteiger partial charge in [-0.3, -0.25) is 9.48 Å². The zero-order chi connectivity index (χ0) is 22.8. The first-order chi connectivity index (χ1) is 16.1. The van der Waals surface area contributed by atoms with E-state index in [0.29, 0.717) is 35.1 Å². The van der Waals surface area contributed by atoms with Crippen LogP contribution in [-0.4, -0.2) is 37.1 Å². The summed E-state index contributed by atoms with van der Waals surface area (Å²) in [5, 5.41) is 27.7.